The number of amides is 2. The van der Waals surface area contributed by atoms with Crippen LogP contribution in [0.1, 0.15) is 12.5 Å². The number of benzene rings is 1. The Morgan fingerprint density at radius 2 is 2.00 bits per heavy atom. The molecule has 0 saturated heterocycles. The molecule has 1 aromatic rings. The fourth-order valence-corrected chi connectivity index (χ4v) is 1.93. The lowest BCUT2D eigenvalue weighted by Crippen LogP contribution is -2.48. The number of carboxylic acids is 1. The highest BCUT2D eigenvalue weighted by atomic mass is 16.4. The van der Waals surface area contributed by atoms with Crippen molar-refractivity contribution in [3.8, 4) is 0 Å². The summed E-state index contributed by atoms with van der Waals surface area (Å²) >= 11 is 0. The molecule has 1 aliphatic rings. The van der Waals surface area contributed by atoms with Crippen LogP contribution in [0.3, 0.4) is 0 Å². The molecule has 2 amide bonds. The van der Waals surface area contributed by atoms with Crippen molar-refractivity contribution >= 4 is 18.1 Å². The molecule has 0 saturated carbocycles. The van der Waals surface area contributed by atoms with Gasteiger partial charge in [-0.1, -0.05) is 42.5 Å². The summed E-state index contributed by atoms with van der Waals surface area (Å²) in [7, 11) is 0. The van der Waals surface area contributed by atoms with E-state index in [1.54, 1.807) is 19.1 Å². The van der Waals surface area contributed by atoms with Crippen molar-refractivity contribution in [2.45, 2.75) is 13.0 Å². The van der Waals surface area contributed by atoms with Gasteiger partial charge < -0.3 is 15.7 Å². The molecular formula is C14H14N2O3. The molecule has 0 fully saturated rings. The summed E-state index contributed by atoms with van der Waals surface area (Å²) in [6.07, 6.45) is 3.45. The second kappa shape index (κ2) is 5.39. The van der Waals surface area contributed by atoms with Gasteiger partial charge in [-0.25, -0.2) is 9.59 Å². The number of carbonyl (C=O) groups excluding carboxylic acids is 1. The average molecular weight is 258 g/mol. The Kier molecular flexibility index (Phi) is 3.66. The number of carbonyl (C=O) groups is 2. The van der Waals surface area contributed by atoms with E-state index in [9.17, 15) is 14.7 Å². The molecule has 0 aliphatic carbocycles. The zero-order valence-electron chi connectivity index (χ0n) is 10.4. The average Bonchev–Trinajstić information content (AvgIpc) is 2.36. The molecule has 1 heterocycles. The lowest BCUT2D eigenvalue weighted by atomic mass is 10.0. The monoisotopic (exact) mass is 258 g/mol. The maximum atomic E-state index is 11.4. The predicted molar refractivity (Wildman–Crippen MR) is 71.3 cm³/mol. The largest absolute Gasteiger partial charge is 0.478 e. The van der Waals surface area contributed by atoms with Crippen LogP contribution < -0.4 is 10.6 Å². The van der Waals surface area contributed by atoms with Gasteiger partial charge in [0.1, 0.15) is 0 Å². The highest BCUT2D eigenvalue weighted by molar-refractivity contribution is 5.94. The third kappa shape index (κ3) is 3.01. The first-order chi connectivity index (χ1) is 9.08. The lowest BCUT2D eigenvalue weighted by molar-refractivity contribution is -0.133. The fourth-order valence-electron chi connectivity index (χ4n) is 1.93. The number of aliphatic carboxylic acids is 1. The highest BCUT2D eigenvalue weighted by Crippen LogP contribution is 2.14. The fraction of sp³-hybridized carbons (Fsp3) is 0.143. The first-order valence-electron chi connectivity index (χ1n) is 5.83. The van der Waals surface area contributed by atoms with Crippen molar-refractivity contribution in [3.05, 3.63) is 53.2 Å². The lowest BCUT2D eigenvalue weighted by Gasteiger charge is -2.24. The van der Waals surface area contributed by atoms with E-state index in [1.807, 2.05) is 30.3 Å². The van der Waals surface area contributed by atoms with E-state index in [1.165, 1.54) is 0 Å². The Labute approximate surface area is 110 Å². The van der Waals surface area contributed by atoms with Gasteiger partial charge in [0.2, 0.25) is 0 Å². The van der Waals surface area contributed by atoms with Crippen molar-refractivity contribution in [2.24, 2.45) is 0 Å². The summed E-state index contributed by atoms with van der Waals surface area (Å²) in [6.45, 7) is 1.57. The molecule has 2 rings (SSSR count). The van der Waals surface area contributed by atoms with Crippen LogP contribution in [0, 0.1) is 0 Å². The smallest absolute Gasteiger partial charge is 0.335 e. The van der Waals surface area contributed by atoms with Gasteiger partial charge in [0.25, 0.3) is 0 Å². The van der Waals surface area contributed by atoms with E-state index < -0.39 is 18.0 Å². The minimum atomic E-state index is -1.05. The van der Waals surface area contributed by atoms with Crippen molar-refractivity contribution in [2.75, 3.05) is 0 Å². The molecule has 5 nitrogen and oxygen atoms in total. The zero-order valence-corrected chi connectivity index (χ0v) is 10.4. The molecular weight excluding hydrogens is 244 g/mol. The van der Waals surface area contributed by atoms with Crippen LogP contribution in [0.5, 0.6) is 0 Å². The molecule has 1 aromatic carbocycles. The summed E-state index contributed by atoms with van der Waals surface area (Å²) < 4.78 is 0. The Hall–Kier alpha value is -2.56. The number of hydrogen-bond donors (Lipinski definition) is 3. The van der Waals surface area contributed by atoms with E-state index in [0.29, 0.717) is 5.70 Å². The van der Waals surface area contributed by atoms with Crippen LogP contribution >= 0.6 is 0 Å². The maximum Gasteiger partial charge on any atom is 0.335 e. The molecule has 0 radical (unpaired) electrons. The standard InChI is InChI=1S/C14H14N2O3/c1-9-12(13(17)18)11(16-14(19)15-9)8-7-10-5-3-2-4-6-10/h2-8,11H,1H3,(H,17,18)(H2,15,16,19)/b8-7+. The minimum Gasteiger partial charge on any atom is -0.478 e. The number of carboxylic acid groups (broad SMARTS) is 1. The molecule has 3 N–H and O–H groups in total. The van der Waals surface area contributed by atoms with Gasteiger partial charge in [0.15, 0.2) is 0 Å². The number of rotatable bonds is 3. The summed E-state index contributed by atoms with van der Waals surface area (Å²) in [5.74, 6) is -1.05. The van der Waals surface area contributed by atoms with Crippen LogP contribution in [0.25, 0.3) is 6.08 Å². The first kappa shape index (κ1) is 12.9. The van der Waals surface area contributed by atoms with E-state index in [2.05, 4.69) is 10.6 Å². The molecule has 5 heteroatoms. The van der Waals surface area contributed by atoms with Gasteiger partial charge in [-0.05, 0) is 12.5 Å². The van der Waals surface area contributed by atoms with Crippen molar-refractivity contribution < 1.29 is 14.7 Å². The Morgan fingerprint density at radius 1 is 1.32 bits per heavy atom. The van der Waals surface area contributed by atoms with Crippen molar-refractivity contribution in [3.63, 3.8) is 0 Å². The van der Waals surface area contributed by atoms with Crippen molar-refractivity contribution in [1.82, 2.24) is 10.6 Å². The second-order valence-corrected chi connectivity index (χ2v) is 4.19. The third-order valence-corrected chi connectivity index (χ3v) is 2.81. The van der Waals surface area contributed by atoms with Gasteiger partial charge in [-0.15, -0.1) is 0 Å². The van der Waals surface area contributed by atoms with Gasteiger partial charge in [-0.3, -0.25) is 0 Å². The SMILES string of the molecule is CC1=C(C(=O)O)C(/C=C/c2ccccc2)NC(=O)N1. The highest BCUT2D eigenvalue weighted by Gasteiger charge is 2.27. The molecule has 19 heavy (non-hydrogen) atoms. The summed E-state index contributed by atoms with van der Waals surface area (Å²) in [5.41, 5.74) is 1.45. The number of hydrogen-bond acceptors (Lipinski definition) is 2. The predicted octanol–water partition coefficient (Wildman–Crippen LogP) is 1.74. The molecule has 1 aliphatic heterocycles. The van der Waals surface area contributed by atoms with E-state index in [4.69, 9.17) is 0 Å². The van der Waals surface area contributed by atoms with Crippen LogP contribution in [-0.4, -0.2) is 23.1 Å². The summed E-state index contributed by atoms with van der Waals surface area (Å²) in [5, 5.41) is 14.2. The number of allylic oxidation sites excluding steroid dienone is 1. The van der Waals surface area contributed by atoms with E-state index >= 15 is 0 Å². The Morgan fingerprint density at radius 3 is 2.63 bits per heavy atom. The Balaban J connectivity index is 2.27. The molecule has 0 bridgehead atoms. The quantitative estimate of drug-likeness (QED) is 0.772. The zero-order chi connectivity index (χ0) is 13.8. The van der Waals surface area contributed by atoms with Crippen molar-refractivity contribution in [1.29, 1.82) is 0 Å². The maximum absolute atomic E-state index is 11.4. The van der Waals surface area contributed by atoms with Crippen LogP contribution in [0.15, 0.2) is 47.7 Å². The minimum absolute atomic E-state index is 0.145. The summed E-state index contributed by atoms with van der Waals surface area (Å²) in [4.78, 5) is 22.6. The van der Waals surface area contributed by atoms with Crippen LogP contribution in [0.2, 0.25) is 0 Å². The molecule has 1 unspecified atom stereocenters. The molecule has 98 valence electrons. The molecule has 0 aromatic heterocycles. The number of urea groups is 1. The molecule has 0 spiro atoms. The first-order valence-corrected chi connectivity index (χ1v) is 5.83. The summed E-state index contributed by atoms with van der Waals surface area (Å²) in [6, 6.07) is 8.44. The number of nitrogens with one attached hydrogen (secondary N) is 2. The Bertz CT molecular complexity index is 561. The van der Waals surface area contributed by atoms with Gasteiger partial charge in [0.05, 0.1) is 11.6 Å². The third-order valence-electron chi connectivity index (χ3n) is 2.81. The van der Waals surface area contributed by atoms with Crippen LogP contribution in [-0.2, 0) is 4.79 Å². The topological polar surface area (TPSA) is 78.4 Å². The van der Waals surface area contributed by atoms with Gasteiger partial charge in [0, 0.05) is 5.70 Å². The van der Waals surface area contributed by atoms with Crippen LogP contribution in [0.4, 0.5) is 4.79 Å². The normalized spacial score (nSPS) is 19.2. The van der Waals surface area contributed by atoms with E-state index in [0.717, 1.165) is 5.56 Å². The second-order valence-electron chi connectivity index (χ2n) is 4.19. The van der Waals surface area contributed by atoms with E-state index in [-0.39, 0.29) is 5.57 Å². The van der Waals surface area contributed by atoms with Gasteiger partial charge >= 0.3 is 12.0 Å². The van der Waals surface area contributed by atoms with Gasteiger partial charge in [-0.2, -0.15) is 0 Å². The molecule has 1 atom stereocenters.